The molecule has 0 heterocycles. The lowest BCUT2D eigenvalue weighted by molar-refractivity contribution is -0.119. The minimum atomic E-state index is -0.992. The lowest BCUT2D eigenvalue weighted by Crippen LogP contribution is -2.34. The molecule has 3 N–H and O–H groups in total. The van der Waals surface area contributed by atoms with Crippen molar-refractivity contribution >= 4 is 34.8 Å². The van der Waals surface area contributed by atoms with Gasteiger partial charge in [0.15, 0.2) is 0 Å². The van der Waals surface area contributed by atoms with Crippen molar-refractivity contribution in [3.8, 4) is 0 Å². The molecule has 1 amide bonds. The monoisotopic (exact) mass is 380 g/mol. The summed E-state index contributed by atoms with van der Waals surface area (Å²) in [7, 11) is -0.992. The van der Waals surface area contributed by atoms with Gasteiger partial charge < -0.3 is 11.1 Å². The summed E-state index contributed by atoms with van der Waals surface area (Å²) < 4.78 is 12.3. The van der Waals surface area contributed by atoms with Gasteiger partial charge in [-0.1, -0.05) is 49.4 Å². The minimum Gasteiger partial charge on any atom is -0.327 e. The summed E-state index contributed by atoms with van der Waals surface area (Å²) in [6.07, 6.45) is 0. The van der Waals surface area contributed by atoms with Crippen molar-refractivity contribution in [2.24, 2.45) is 11.7 Å². The van der Waals surface area contributed by atoms with Crippen LogP contribution in [0.5, 0.6) is 0 Å². The van der Waals surface area contributed by atoms with Crippen molar-refractivity contribution in [1.29, 1.82) is 0 Å². The van der Waals surface area contributed by atoms with Gasteiger partial charge in [0.25, 0.3) is 0 Å². The molecule has 3 atom stereocenters. The van der Waals surface area contributed by atoms with E-state index in [2.05, 4.69) is 5.32 Å². The van der Waals surface area contributed by atoms with E-state index < -0.39 is 10.8 Å². The molecule has 0 aliphatic rings. The molecular formula is C19H25ClN2O2S. The molecule has 3 unspecified atom stereocenters. The summed E-state index contributed by atoms with van der Waals surface area (Å²) in [6, 6.07) is 17.1. The lowest BCUT2D eigenvalue weighted by atomic mass is 10.0. The van der Waals surface area contributed by atoms with Crippen LogP contribution in [-0.2, 0) is 27.1 Å². The fraction of sp³-hybridized carbons (Fsp3) is 0.316. The fourth-order valence-corrected chi connectivity index (χ4v) is 3.45. The molecule has 2 aromatic rings. The maximum atomic E-state index is 12.3. The smallest absolute Gasteiger partial charge is 0.228 e. The van der Waals surface area contributed by atoms with Gasteiger partial charge in [-0.25, -0.2) is 0 Å². The van der Waals surface area contributed by atoms with Gasteiger partial charge >= 0.3 is 0 Å². The Labute approximate surface area is 158 Å². The molecule has 6 heteroatoms. The van der Waals surface area contributed by atoms with E-state index in [-0.39, 0.29) is 30.3 Å². The second-order valence-corrected chi connectivity index (χ2v) is 7.51. The Bertz CT molecular complexity index is 708. The van der Waals surface area contributed by atoms with Crippen LogP contribution in [0.3, 0.4) is 0 Å². The maximum absolute atomic E-state index is 12.3. The quantitative estimate of drug-likeness (QED) is 0.772. The van der Waals surface area contributed by atoms with E-state index in [4.69, 9.17) is 5.73 Å². The van der Waals surface area contributed by atoms with Crippen LogP contribution < -0.4 is 11.1 Å². The van der Waals surface area contributed by atoms with Crippen molar-refractivity contribution in [1.82, 2.24) is 0 Å². The molecule has 0 spiro atoms. The first kappa shape index (κ1) is 21.4. The molecule has 136 valence electrons. The van der Waals surface area contributed by atoms with Crippen LogP contribution in [0, 0.1) is 5.92 Å². The van der Waals surface area contributed by atoms with Crippen LogP contribution in [0.2, 0.25) is 0 Å². The maximum Gasteiger partial charge on any atom is 0.228 e. The molecule has 0 aliphatic heterocycles. The Morgan fingerprint density at radius 1 is 1.04 bits per heavy atom. The second kappa shape index (κ2) is 10.3. The Hall–Kier alpha value is -1.69. The first-order valence-corrected chi connectivity index (χ1v) is 9.49. The summed E-state index contributed by atoms with van der Waals surface area (Å²) in [5.41, 5.74) is 8.47. The highest BCUT2D eigenvalue weighted by atomic mass is 35.5. The molecule has 0 aromatic heterocycles. The van der Waals surface area contributed by atoms with E-state index in [1.807, 2.05) is 61.5 Å². The van der Waals surface area contributed by atoms with E-state index in [1.165, 1.54) is 0 Å². The van der Waals surface area contributed by atoms with Crippen LogP contribution in [0.4, 0.5) is 5.69 Å². The van der Waals surface area contributed by atoms with Crippen LogP contribution >= 0.6 is 12.4 Å². The summed E-state index contributed by atoms with van der Waals surface area (Å²) in [5, 5.41) is 2.87. The molecule has 0 saturated heterocycles. The van der Waals surface area contributed by atoms with Gasteiger partial charge in [-0.15, -0.1) is 12.4 Å². The van der Waals surface area contributed by atoms with Crippen molar-refractivity contribution in [2.45, 2.75) is 31.4 Å². The number of hydrogen-bond donors (Lipinski definition) is 2. The van der Waals surface area contributed by atoms with E-state index in [0.717, 1.165) is 11.1 Å². The normalized spacial score (nSPS) is 14.0. The van der Waals surface area contributed by atoms with E-state index in [9.17, 15) is 9.00 Å². The van der Waals surface area contributed by atoms with Gasteiger partial charge in [0.1, 0.15) is 0 Å². The molecule has 0 radical (unpaired) electrons. The van der Waals surface area contributed by atoms with Crippen molar-refractivity contribution in [3.63, 3.8) is 0 Å². The number of halogens is 1. The first-order chi connectivity index (χ1) is 11.5. The van der Waals surface area contributed by atoms with Gasteiger partial charge in [-0.05, 0) is 30.2 Å². The van der Waals surface area contributed by atoms with Crippen LogP contribution in [0.15, 0.2) is 54.6 Å². The van der Waals surface area contributed by atoms with Crippen LogP contribution in [0.1, 0.15) is 25.0 Å². The predicted molar refractivity (Wildman–Crippen MR) is 107 cm³/mol. The number of anilines is 1. The zero-order chi connectivity index (χ0) is 17.5. The number of nitrogens with two attached hydrogens (primary N) is 1. The van der Waals surface area contributed by atoms with E-state index in [1.54, 1.807) is 6.92 Å². The Morgan fingerprint density at radius 2 is 1.64 bits per heavy atom. The topological polar surface area (TPSA) is 72.2 Å². The van der Waals surface area contributed by atoms with Gasteiger partial charge in [0.2, 0.25) is 5.91 Å². The third-order valence-corrected chi connectivity index (χ3v) is 5.21. The molecule has 0 bridgehead atoms. The molecule has 0 fully saturated rings. The molecule has 4 nitrogen and oxygen atoms in total. The summed E-state index contributed by atoms with van der Waals surface area (Å²) in [5.74, 6) is 0.620. The Morgan fingerprint density at radius 3 is 2.28 bits per heavy atom. The van der Waals surface area contributed by atoms with E-state index >= 15 is 0 Å². The molecule has 25 heavy (non-hydrogen) atoms. The third kappa shape index (κ3) is 6.98. The lowest BCUT2D eigenvalue weighted by Gasteiger charge is -2.15. The van der Waals surface area contributed by atoms with Crippen molar-refractivity contribution in [2.75, 3.05) is 5.32 Å². The number of carbonyl (C=O) groups is 1. The molecule has 0 saturated carbocycles. The van der Waals surface area contributed by atoms with Gasteiger partial charge in [0, 0.05) is 34.0 Å². The molecule has 2 aromatic carbocycles. The van der Waals surface area contributed by atoms with Gasteiger partial charge in [0.05, 0.1) is 5.92 Å². The number of rotatable bonds is 7. The summed E-state index contributed by atoms with van der Waals surface area (Å²) >= 11 is 0. The highest BCUT2D eigenvalue weighted by molar-refractivity contribution is 7.83. The molecular weight excluding hydrogens is 356 g/mol. The summed E-state index contributed by atoms with van der Waals surface area (Å²) in [4.78, 5) is 12.1. The predicted octanol–water partition coefficient (Wildman–Crippen LogP) is 3.48. The van der Waals surface area contributed by atoms with Gasteiger partial charge in [-0.2, -0.15) is 0 Å². The van der Waals surface area contributed by atoms with Gasteiger partial charge in [-0.3, -0.25) is 9.00 Å². The zero-order valence-electron chi connectivity index (χ0n) is 14.5. The van der Waals surface area contributed by atoms with Crippen LogP contribution in [0.25, 0.3) is 0 Å². The number of nitrogens with one attached hydrogen (secondary N) is 1. The van der Waals surface area contributed by atoms with E-state index in [0.29, 0.717) is 17.2 Å². The second-order valence-electron chi connectivity index (χ2n) is 6.05. The van der Waals surface area contributed by atoms with Crippen molar-refractivity contribution in [3.05, 3.63) is 65.7 Å². The Balaban J connectivity index is 0.00000312. The average Bonchev–Trinajstić information content (AvgIpc) is 2.55. The highest BCUT2D eigenvalue weighted by Gasteiger charge is 2.17. The third-order valence-electron chi connectivity index (χ3n) is 3.89. The number of amides is 1. The first-order valence-electron chi connectivity index (χ1n) is 8.00. The molecule has 2 rings (SSSR count). The number of benzene rings is 2. The number of carbonyl (C=O) groups excluding carboxylic acids is 1. The largest absolute Gasteiger partial charge is 0.327 e. The zero-order valence-corrected chi connectivity index (χ0v) is 16.1. The average molecular weight is 381 g/mol. The Kier molecular flexibility index (Phi) is 8.83. The highest BCUT2D eigenvalue weighted by Crippen LogP contribution is 2.15. The minimum absolute atomic E-state index is 0. The fourth-order valence-electron chi connectivity index (χ4n) is 2.23. The van der Waals surface area contributed by atoms with Crippen molar-refractivity contribution < 1.29 is 9.00 Å². The standard InChI is InChI=1S/C19H24N2O2S.ClH/c1-14(15(2)20)19(22)21-18-10-6-9-17(11-18)13-24(23)12-16-7-4-3-5-8-16;/h3-11,14-15H,12-13,20H2,1-2H3,(H,21,22);1H. The SMILES string of the molecule is CC(N)C(C)C(=O)Nc1cccc(CS(=O)Cc2ccccc2)c1.Cl. The van der Waals surface area contributed by atoms with Crippen LogP contribution in [-0.4, -0.2) is 16.2 Å². The molecule has 0 aliphatic carbocycles. The summed E-state index contributed by atoms with van der Waals surface area (Å²) in [6.45, 7) is 3.62. The number of hydrogen-bond acceptors (Lipinski definition) is 3.